The lowest BCUT2D eigenvalue weighted by Gasteiger charge is -2.24. The first kappa shape index (κ1) is 14.9. The normalized spacial score (nSPS) is 17.2. The van der Waals surface area contributed by atoms with E-state index in [1.54, 1.807) is 36.0 Å². The zero-order chi connectivity index (χ0) is 14.4. The SMILES string of the molecule is CC(SC1CCOCC1)C(=O)Nc1cccc(C#N)c1. The number of amides is 1. The molecule has 5 heteroatoms. The summed E-state index contributed by atoms with van der Waals surface area (Å²) in [4.78, 5) is 12.1. The molecule has 106 valence electrons. The van der Waals surface area contributed by atoms with E-state index in [0.29, 0.717) is 16.5 Å². The fourth-order valence-electron chi connectivity index (χ4n) is 2.07. The van der Waals surface area contributed by atoms with Crippen LogP contribution in [0.15, 0.2) is 24.3 Å². The second-order valence-corrected chi connectivity index (χ2v) is 6.42. The van der Waals surface area contributed by atoms with Crippen molar-refractivity contribution in [2.75, 3.05) is 18.5 Å². The Balaban J connectivity index is 1.88. The maximum Gasteiger partial charge on any atom is 0.237 e. The molecule has 0 aliphatic carbocycles. The highest BCUT2D eigenvalue weighted by atomic mass is 32.2. The summed E-state index contributed by atoms with van der Waals surface area (Å²) in [5.74, 6) is -0.0171. The molecule has 20 heavy (non-hydrogen) atoms. The number of thioether (sulfide) groups is 1. The Bertz CT molecular complexity index is 507. The molecule has 1 aliphatic heterocycles. The first-order chi connectivity index (χ1) is 9.69. The van der Waals surface area contributed by atoms with Crippen molar-refractivity contribution < 1.29 is 9.53 Å². The van der Waals surface area contributed by atoms with Gasteiger partial charge in [0.2, 0.25) is 5.91 Å². The minimum absolute atomic E-state index is 0.0171. The molecule has 0 radical (unpaired) electrons. The minimum Gasteiger partial charge on any atom is -0.381 e. The quantitative estimate of drug-likeness (QED) is 0.926. The molecule has 1 amide bonds. The summed E-state index contributed by atoms with van der Waals surface area (Å²) in [6.45, 7) is 3.50. The molecule has 0 aromatic heterocycles. The zero-order valence-corrected chi connectivity index (χ0v) is 12.3. The van der Waals surface area contributed by atoms with Crippen LogP contribution in [0.4, 0.5) is 5.69 Å². The summed E-state index contributed by atoms with van der Waals surface area (Å²) in [6, 6.07) is 9.03. The molecule has 1 heterocycles. The predicted octanol–water partition coefficient (Wildman–Crippen LogP) is 2.80. The number of benzene rings is 1. The summed E-state index contributed by atoms with van der Waals surface area (Å²) in [5, 5.41) is 12.1. The Kier molecular flexibility index (Phi) is 5.45. The van der Waals surface area contributed by atoms with Gasteiger partial charge < -0.3 is 10.1 Å². The van der Waals surface area contributed by atoms with E-state index in [4.69, 9.17) is 10.00 Å². The van der Waals surface area contributed by atoms with Crippen LogP contribution in [-0.4, -0.2) is 29.6 Å². The summed E-state index contributed by atoms with van der Waals surface area (Å²) in [6.07, 6.45) is 2.01. The van der Waals surface area contributed by atoms with Crippen LogP contribution in [0, 0.1) is 11.3 Å². The molecule has 1 N–H and O–H groups in total. The number of nitrogens with one attached hydrogen (secondary N) is 1. The number of carbonyl (C=O) groups is 1. The van der Waals surface area contributed by atoms with Gasteiger partial charge in [-0.2, -0.15) is 5.26 Å². The Hall–Kier alpha value is -1.51. The third-order valence-corrected chi connectivity index (χ3v) is 4.67. The van der Waals surface area contributed by atoms with E-state index in [9.17, 15) is 4.79 Å². The average molecular weight is 290 g/mol. The molecular formula is C15H18N2O2S. The number of nitriles is 1. The monoisotopic (exact) mass is 290 g/mol. The molecule has 1 aliphatic rings. The minimum atomic E-state index is -0.108. The lowest BCUT2D eigenvalue weighted by molar-refractivity contribution is -0.115. The second-order valence-electron chi connectivity index (χ2n) is 4.77. The molecule has 0 saturated carbocycles. The van der Waals surface area contributed by atoms with Gasteiger partial charge in [-0.15, -0.1) is 11.8 Å². The summed E-state index contributed by atoms with van der Waals surface area (Å²) < 4.78 is 5.32. The van der Waals surface area contributed by atoms with Gasteiger partial charge in [0.1, 0.15) is 0 Å². The highest BCUT2D eigenvalue weighted by molar-refractivity contribution is 8.01. The number of hydrogen-bond donors (Lipinski definition) is 1. The Morgan fingerprint density at radius 3 is 2.95 bits per heavy atom. The second kappa shape index (κ2) is 7.32. The van der Waals surface area contributed by atoms with Gasteiger partial charge in [0.25, 0.3) is 0 Å². The van der Waals surface area contributed by atoms with Crippen molar-refractivity contribution in [3.8, 4) is 6.07 Å². The van der Waals surface area contributed by atoms with Crippen molar-refractivity contribution in [1.82, 2.24) is 0 Å². The van der Waals surface area contributed by atoms with Crippen molar-refractivity contribution in [2.45, 2.75) is 30.3 Å². The van der Waals surface area contributed by atoms with E-state index in [1.807, 2.05) is 6.92 Å². The van der Waals surface area contributed by atoms with Crippen LogP contribution < -0.4 is 5.32 Å². The summed E-state index contributed by atoms with van der Waals surface area (Å²) >= 11 is 1.70. The number of nitrogens with zero attached hydrogens (tertiary/aromatic N) is 1. The Labute approximate surface area is 123 Å². The van der Waals surface area contributed by atoms with Gasteiger partial charge in [-0.3, -0.25) is 4.79 Å². The van der Waals surface area contributed by atoms with Gasteiger partial charge in [-0.1, -0.05) is 6.07 Å². The van der Waals surface area contributed by atoms with Gasteiger partial charge >= 0.3 is 0 Å². The molecule has 0 spiro atoms. The number of hydrogen-bond acceptors (Lipinski definition) is 4. The van der Waals surface area contributed by atoms with Crippen molar-refractivity contribution in [3.05, 3.63) is 29.8 Å². The summed E-state index contributed by atoms with van der Waals surface area (Å²) in [7, 11) is 0. The molecule has 1 unspecified atom stereocenters. The lowest BCUT2D eigenvalue weighted by Crippen LogP contribution is -2.27. The van der Waals surface area contributed by atoms with Crippen molar-refractivity contribution >= 4 is 23.4 Å². The highest BCUT2D eigenvalue weighted by Gasteiger charge is 2.21. The van der Waals surface area contributed by atoms with E-state index in [0.717, 1.165) is 26.1 Å². The highest BCUT2D eigenvalue weighted by Crippen LogP contribution is 2.26. The largest absolute Gasteiger partial charge is 0.381 e. The Morgan fingerprint density at radius 1 is 1.50 bits per heavy atom. The lowest BCUT2D eigenvalue weighted by atomic mass is 10.2. The molecule has 1 atom stereocenters. The molecule has 1 aromatic carbocycles. The molecule has 4 nitrogen and oxygen atoms in total. The number of carbonyl (C=O) groups excluding carboxylic acids is 1. The van der Waals surface area contributed by atoms with Crippen molar-refractivity contribution in [1.29, 1.82) is 5.26 Å². The molecule has 1 saturated heterocycles. The number of rotatable bonds is 4. The molecule has 2 rings (SSSR count). The molecule has 0 bridgehead atoms. The molecule has 1 fully saturated rings. The smallest absolute Gasteiger partial charge is 0.237 e. The van der Waals surface area contributed by atoms with Gasteiger partial charge in [-0.05, 0) is 38.0 Å². The maximum atomic E-state index is 12.1. The van der Waals surface area contributed by atoms with E-state index in [-0.39, 0.29) is 11.2 Å². The molecular weight excluding hydrogens is 272 g/mol. The van der Waals surface area contributed by atoms with E-state index in [1.165, 1.54) is 0 Å². The maximum absolute atomic E-state index is 12.1. The van der Waals surface area contributed by atoms with Gasteiger partial charge in [0.05, 0.1) is 16.9 Å². The van der Waals surface area contributed by atoms with Crippen molar-refractivity contribution in [3.63, 3.8) is 0 Å². The standard InChI is InChI=1S/C15H18N2O2S/c1-11(20-14-5-7-19-8-6-14)15(18)17-13-4-2-3-12(9-13)10-16/h2-4,9,11,14H,5-8H2,1H3,(H,17,18). The Morgan fingerprint density at radius 2 is 2.25 bits per heavy atom. The van der Waals surface area contributed by atoms with Gasteiger partial charge in [-0.25, -0.2) is 0 Å². The van der Waals surface area contributed by atoms with Crippen LogP contribution in [0.25, 0.3) is 0 Å². The topological polar surface area (TPSA) is 62.1 Å². The predicted molar refractivity (Wildman–Crippen MR) is 80.7 cm³/mol. The van der Waals surface area contributed by atoms with Crippen LogP contribution >= 0.6 is 11.8 Å². The summed E-state index contributed by atoms with van der Waals surface area (Å²) in [5.41, 5.74) is 1.22. The number of ether oxygens (including phenoxy) is 1. The fraction of sp³-hybridized carbons (Fsp3) is 0.467. The average Bonchev–Trinajstić information content (AvgIpc) is 2.48. The first-order valence-corrected chi connectivity index (χ1v) is 7.67. The van der Waals surface area contributed by atoms with E-state index in [2.05, 4.69) is 11.4 Å². The van der Waals surface area contributed by atoms with Gasteiger partial charge in [0.15, 0.2) is 0 Å². The van der Waals surface area contributed by atoms with Crippen LogP contribution in [-0.2, 0) is 9.53 Å². The van der Waals surface area contributed by atoms with Gasteiger partial charge in [0, 0.05) is 24.2 Å². The van der Waals surface area contributed by atoms with Crippen LogP contribution in [0.3, 0.4) is 0 Å². The number of anilines is 1. The van der Waals surface area contributed by atoms with Crippen LogP contribution in [0.5, 0.6) is 0 Å². The van der Waals surface area contributed by atoms with E-state index >= 15 is 0 Å². The van der Waals surface area contributed by atoms with E-state index < -0.39 is 0 Å². The van der Waals surface area contributed by atoms with Crippen LogP contribution in [0.1, 0.15) is 25.3 Å². The first-order valence-electron chi connectivity index (χ1n) is 6.73. The van der Waals surface area contributed by atoms with Crippen molar-refractivity contribution in [2.24, 2.45) is 0 Å². The third kappa shape index (κ3) is 4.26. The molecule has 1 aromatic rings. The zero-order valence-electron chi connectivity index (χ0n) is 11.5. The van der Waals surface area contributed by atoms with Crippen LogP contribution in [0.2, 0.25) is 0 Å². The fourth-order valence-corrected chi connectivity index (χ4v) is 3.30. The third-order valence-electron chi connectivity index (χ3n) is 3.19.